The van der Waals surface area contributed by atoms with Gasteiger partial charge < -0.3 is 11.1 Å². The Hall–Kier alpha value is -2.43. The van der Waals surface area contributed by atoms with E-state index in [4.69, 9.17) is 5.73 Å². The number of nitrogens with zero attached hydrogens (tertiary/aromatic N) is 1. The highest BCUT2D eigenvalue weighted by molar-refractivity contribution is 5.87. The number of hydrogen-bond donors (Lipinski definition) is 2. The van der Waals surface area contributed by atoms with Crippen molar-refractivity contribution >= 4 is 17.4 Å². The molecule has 0 aliphatic carbocycles. The molecule has 104 valence electrons. The third-order valence-corrected chi connectivity index (χ3v) is 2.90. The Morgan fingerprint density at radius 3 is 2.60 bits per heavy atom. The number of nitrogen functional groups attached to an aromatic ring is 1. The molecule has 1 aromatic heterocycles. The standard InChI is InChI=1S/C15H16FN3O/c1-10(20)19-15-9-12(6-7-18-15)3-2-11-4-5-14(17)13(16)8-11/h4-9H,2-3,17H2,1H3,(H,18,19,20). The summed E-state index contributed by atoms with van der Waals surface area (Å²) in [5.41, 5.74) is 7.51. The van der Waals surface area contributed by atoms with E-state index in [0.717, 1.165) is 17.5 Å². The second-order valence-corrected chi connectivity index (χ2v) is 4.59. The van der Waals surface area contributed by atoms with Crippen LogP contribution in [0.2, 0.25) is 0 Å². The number of anilines is 2. The van der Waals surface area contributed by atoms with E-state index in [2.05, 4.69) is 10.3 Å². The first-order valence-electron chi connectivity index (χ1n) is 6.31. The Labute approximate surface area is 116 Å². The van der Waals surface area contributed by atoms with Gasteiger partial charge in [-0.2, -0.15) is 0 Å². The van der Waals surface area contributed by atoms with Crippen molar-refractivity contribution in [3.05, 3.63) is 53.5 Å². The number of aromatic nitrogens is 1. The fourth-order valence-corrected chi connectivity index (χ4v) is 1.89. The zero-order valence-corrected chi connectivity index (χ0v) is 11.2. The van der Waals surface area contributed by atoms with Crippen molar-refractivity contribution < 1.29 is 9.18 Å². The van der Waals surface area contributed by atoms with E-state index in [-0.39, 0.29) is 11.6 Å². The molecular formula is C15H16FN3O. The minimum atomic E-state index is -0.392. The SMILES string of the molecule is CC(=O)Nc1cc(CCc2ccc(N)c(F)c2)ccn1. The molecule has 2 aromatic rings. The van der Waals surface area contributed by atoms with E-state index in [1.165, 1.54) is 13.0 Å². The molecule has 0 saturated carbocycles. The van der Waals surface area contributed by atoms with Gasteiger partial charge in [0.25, 0.3) is 0 Å². The number of benzene rings is 1. The van der Waals surface area contributed by atoms with Gasteiger partial charge >= 0.3 is 0 Å². The number of nitrogens with two attached hydrogens (primary N) is 1. The second-order valence-electron chi connectivity index (χ2n) is 4.59. The zero-order chi connectivity index (χ0) is 14.5. The summed E-state index contributed by atoms with van der Waals surface area (Å²) in [5, 5.41) is 2.63. The first-order valence-corrected chi connectivity index (χ1v) is 6.31. The maximum absolute atomic E-state index is 13.3. The fraction of sp³-hybridized carbons (Fsp3) is 0.200. The summed E-state index contributed by atoms with van der Waals surface area (Å²) in [6, 6.07) is 8.52. The predicted molar refractivity (Wildman–Crippen MR) is 76.8 cm³/mol. The number of amides is 1. The molecule has 1 amide bonds. The van der Waals surface area contributed by atoms with Gasteiger partial charge in [0, 0.05) is 13.1 Å². The van der Waals surface area contributed by atoms with Crippen molar-refractivity contribution in [2.24, 2.45) is 0 Å². The summed E-state index contributed by atoms with van der Waals surface area (Å²) >= 11 is 0. The smallest absolute Gasteiger partial charge is 0.222 e. The van der Waals surface area contributed by atoms with Gasteiger partial charge in [-0.15, -0.1) is 0 Å². The van der Waals surface area contributed by atoms with Crippen LogP contribution >= 0.6 is 0 Å². The third kappa shape index (κ3) is 3.78. The molecule has 2 rings (SSSR count). The molecule has 5 heteroatoms. The Balaban J connectivity index is 2.03. The Morgan fingerprint density at radius 1 is 1.25 bits per heavy atom. The van der Waals surface area contributed by atoms with Crippen molar-refractivity contribution in [2.45, 2.75) is 19.8 Å². The number of pyridine rings is 1. The highest BCUT2D eigenvalue weighted by Crippen LogP contribution is 2.15. The van der Waals surface area contributed by atoms with Crippen molar-refractivity contribution in [1.82, 2.24) is 4.98 Å². The topological polar surface area (TPSA) is 68.0 Å². The molecule has 1 heterocycles. The van der Waals surface area contributed by atoms with Crippen molar-refractivity contribution in [1.29, 1.82) is 0 Å². The van der Waals surface area contributed by atoms with Crippen LogP contribution in [0, 0.1) is 5.82 Å². The maximum Gasteiger partial charge on any atom is 0.222 e. The van der Waals surface area contributed by atoms with Gasteiger partial charge in [-0.3, -0.25) is 4.79 Å². The minimum absolute atomic E-state index is 0.157. The molecule has 0 saturated heterocycles. The van der Waals surface area contributed by atoms with Gasteiger partial charge in [0.15, 0.2) is 0 Å². The van der Waals surface area contributed by atoms with E-state index in [1.807, 2.05) is 18.2 Å². The Kier molecular flexibility index (Phi) is 4.30. The highest BCUT2D eigenvalue weighted by Gasteiger charge is 2.03. The van der Waals surface area contributed by atoms with Crippen LogP contribution in [0.4, 0.5) is 15.9 Å². The molecule has 0 fully saturated rings. The fourth-order valence-electron chi connectivity index (χ4n) is 1.89. The van der Waals surface area contributed by atoms with Crippen LogP contribution in [0.1, 0.15) is 18.1 Å². The predicted octanol–water partition coefficient (Wildman–Crippen LogP) is 2.55. The largest absolute Gasteiger partial charge is 0.396 e. The zero-order valence-electron chi connectivity index (χ0n) is 11.2. The lowest BCUT2D eigenvalue weighted by molar-refractivity contribution is -0.114. The number of carbonyl (C=O) groups is 1. The number of halogens is 1. The van der Waals surface area contributed by atoms with Crippen LogP contribution < -0.4 is 11.1 Å². The van der Waals surface area contributed by atoms with E-state index >= 15 is 0 Å². The molecule has 0 aliphatic heterocycles. The molecule has 0 spiro atoms. The molecule has 0 bridgehead atoms. The van der Waals surface area contributed by atoms with Gasteiger partial charge in [-0.05, 0) is 48.2 Å². The molecule has 3 N–H and O–H groups in total. The van der Waals surface area contributed by atoms with Gasteiger partial charge in [0.2, 0.25) is 5.91 Å². The van der Waals surface area contributed by atoms with Gasteiger partial charge in [-0.1, -0.05) is 6.07 Å². The summed E-state index contributed by atoms with van der Waals surface area (Å²) < 4.78 is 13.3. The van der Waals surface area contributed by atoms with Crippen LogP contribution in [0.25, 0.3) is 0 Å². The average molecular weight is 273 g/mol. The number of aryl methyl sites for hydroxylation is 2. The first kappa shape index (κ1) is 14.0. The van der Waals surface area contributed by atoms with Gasteiger partial charge in [0.1, 0.15) is 11.6 Å². The molecule has 4 nitrogen and oxygen atoms in total. The summed E-state index contributed by atoms with van der Waals surface area (Å²) in [4.78, 5) is 15.0. The molecule has 1 aromatic carbocycles. The molecule has 0 aliphatic rings. The number of nitrogens with one attached hydrogen (secondary N) is 1. The molecule has 0 radical (unpaired) electrons. The second kappa shape index (κ2) is 6.14. The van der Waals surface area contributed by atoms with Crippen LogP contribution in [0.15, 0.2) is 36.5 Å². The Morgan fingerprint density at radius 2 is 1.95 bits per heavy atom. The molecule has 20 heavy (non-hydrogen) atoms. The van der Waals surface area contributed by atoms with E-state index in [1.54, 1.807) is 12.3 Å². The van der Waals surface area contributed by atoms with Crippen LogP contribution in [-0.4, -0.2) is 10.9 Å². The normalized spacial score (nSPS) is 10.3. The van der Waals surface area contributed by atoms with E-state index < -0.39 is 5.82 Å². The Bertz CT molecular complexity index is 628. The molecule has 0 atom stereocenters. The average Bonchev–Trinajstić information content (AvgIpc) is 2.40. The van der Waals surface area contributed by atoms with Crippen LogP contribution in [-0.2, 0) is 17.6 Å². The summed E-state index contributed by atoms with van der Waals surface area (Å²) in [7, 11) is 0. The van der Waals surface area contributed by atoms with Crippen LogP contribution in [0.3, 0.4) is 0 Å². The molecular weight excluding hydrogens is 257 g/mol. The van der Waals surface area contributed by atoms with Gasteiger partial charge in [-0.25, -0.2) is 9.37 Å². The van der Waals surface area contributed by atoms with Crippen molar-refractivity contribution in [3.63, 3.8) is 0 Å². The molecule has 0 unspecified atom stereocenters. The summed E-state index contributed by atoms with van der Waals surface area (Å²) in [6.45, 7) is 1.44. The highest BCUT2D eigenvalue weighted by atomic mass is 19.1. The van der Waals surface area contributed by atoms with Crippen molar-refractivity contribution in [3.8, 4) is 0 Å². The maximum atomic E-state index is 13.3. The first-order chi connectivity index (χ1) is 9.54. The summed E-state index contributed by atoms with van der Waals surface area (Å²) in [6.07, 6.45) is 3.07. The van der Waals surface area contributed by atoms with Crippen molar-refractivity contribution in [2.75, 3.05) is 11.1 Å². The van der Waals surface area contributed by atoms with Crippen LogP contribution in [0.5, 0.6) is 0 Å². The minimum Gasteiger partial charge on any atom is -0.396 e. The third-order valence-electron chi connectivity index (χ3n) is 2.90. The number of carbonyl (C=O) groups excluding carboxylic acids is 1. The number of rotatable bonds is 4. The van der Waals surface area contributed by atoms with E-state index in [9.17, 15) is 9.18 Å². The lowest BCUT2D eigenvalue weighted by atomic mass is 10.0. The van der Waals surface area contributed by atoms with E-state index in [0.29, 0.717) is 12.2 Å². The lowest BCUT2D eigenvalue weighted by Crippen LogP contribution is -2.07. The monoisotopic (exact) mass is 273 g/mol. The summed E-state index contributed by atoms with van der Waals surface area (Å²) in [5.74, 6) is -0.0232. The quantitative estimate of drug-likeness (QED) is 0.841. The number of hydrogen-bond acceptors (Lipinski definition) is 3. The van der Waals surface area contributed by atoms with Gasteiger partial charge in [0.05, 0.1) is 5.69 Å². The lowest BCUT2D eigenvalue weighted by Gasteiger charge is -2.06.